The largest absolute Gasteiger partial charge is 0.497 e. The molecule has 1 N–H and O–H groups in total. The molecule has 2 aromatic carbocycles. The van der Waals surface area contributed by atoms with E-state index >= 15 is 0 Å². The van der Waals surface area contributed by atoms with Gasteiger partial charge in [-0.1, -0.05) is 12.1 Å². The van der Waals surface area contributed by atoms with Crippen LogP contribution in [-0.4, -0.2) is 44.0 Å². The van der Waals surface area contributed by atoms with Gasteiger partial charge in [0, 0.05) is 37.0 Å². The second-order valence-corrected chi connectivity index (χ2v) is 8.18. The normalized spacial score (nSPS) is 20.4. The van der Waals surface area contributed by atoms with Crippen LogP contribution in [0.2, 0.25) is 0 Å². The minimum absolute atomic E-state index is 0.0916. The molecular weight excluding hydrogens is 399 g/mol. The molecule has 1 aliphatic heterocycles. The van der Waals surface area contributed by atoms with Crippen LogP contribution in [0, 0.1) is 17.7 Å². The number of nitrogens with zero attached hydrogens (tertiary/aromatic N) is 1. The van der Waals surface area contributed by atoms with Crippen molar-refractivity contribution in [1.29, 1.82) is 0 Å². The van der Waals surface area contributed by atoms with Crippen molar-refractivity contribution in [2.45, 2.75) is 25.3 Å². The van der Waals surface area contributed by atoms with Crippen molar-refractivity contribution in [1.82, 2.24) is 10.2 Å². The van der Waals surface area contributed by atoms with E-state index < -0.39 is 5.92 Å². The van der Waals surface area contributed by atoms with Gasteiger partial charge < -0.3 is 19.7 Å². The van der Waals surface area contributed by atoms with Crippen molar-refractivity contribution in [3.63, 3.8) is 0 Å². The summed E-state index contributed by atoms with van der Waals surface area (Å²) in [4.78, 5) is 27.7. The van der Waals surface area contributed by atoms with Crippen molar-refractivity contribution >= 4 is 11.8 Å². The Morgan fingerprint density at radius 1 is 1.06 bits per heavy atom. The number of hydrogen-bond acceptors (Lipinski definition) is 4. The predicted octanol–water partition coefficient (Wildman–Crippen LogP) is 3.11. The van der Waals surface area contributed by atoms with Crippen LogP contribution in [0.25, 0.3) is 0 Å². The highest BCUT2D eigenvalue weighted by Crippen LogP contribution is 2.41. The fourth-order valence-electron chi connectivity index (χ4n) is 4.20. The molecule has 31 heavy (non-hydrogen) atoms. The summed E-state index contributed by atoms with van der Waals surface area (Å²) in [7, 11) is 3.19. The Labute approximate surface area is 181 Å². The van der Waals surface area contributed by atoms with Crippen LogP contribution >= 0.6 is 0 Å². The predicted molar refractivity (Wildman–Crippen MR) is 113 cm³/mol. The standard InChI is InChI=1S/C24H27FN2O4/c1-30-18-9-10-22(31-2)19(11-18)20-13-27(24(29)16-5-6-16)14-21(20)23(28)26-12-15-3-7-17(25)8-4-15/h3-4,7-11,16,20-21H,5-6,12-14H2,1-2H3,(H,26,28)/t20-,21+/m1/s1. The summed E-state index contributed by atoms with van der Waals surface area (Å²) < 4.78 is 24.1. The van der Waals surface area contributed by atoms with Crippen molar-refractivity contribution in [2.24, 2.45) is 11.8 Å². The molecule has 2 atom stereocenters. The van der Waals surface area contributed by atoms with Crippen molar-refractivity contribution in [3.8, 4) is 11.5 Å². The zero-order chi connectivity index (χ0) is 22.0. The molecular formula is C24H27FN2O4. The molecule has 164 valence electrons. The average molecular weight is 426 g/mol. The Morgan fingerprint density at radius 2 is 1.81 bits per heavy atom. The number of nitrogens with one attached hydrogen (secondary N) is 1. The van der Waals surface area contributed by atoms with Gasteiger partial charge in [0.15, 0.2) is 0 Å². The molecule has 2 aliphatic rings. The summed E-state index contributed by atoms with van der Waals surface area (Å²) >= 11 is 0. The number of rotatable bonds is 7. The average Bonchev–Trinajstić information content (AvgIpc) is 3.55. The Bertz CT molecular complexity index is 959. The molecule has 6 nitrogen and oxygen atoms in total. The van der Waals surface area contributed by atoms with Gasteiger partial charge >= 0.3 is 0 Å². The lowest BCUT2D eigenvalue weighted by Crippen LogP contribution is -2.35. The zero-order valence-electron chi connectivity index (χ0n) is 17.8. The van der Waals surface area contributed by atoms with Gasteiger partial charge in [-0.15, -0.1) is 0 Å². The molecule has 7 heteroatoms. The molecule has 0 bridgehead atoms. The Balaban J connectivity index is 1.57. The number of methoxy groups -OCH3 is 2. The summed E-state index contributed by atoms with van der Waals surface area (Å²) in [5.41, 5.74) is 1.67. The smallest absolute Gasteiger partial charge is 0.225 e. The molecule has 0 spiro atoms. The number of halogens is 1. The first-order chi connectivity index (χ1) is 15.0. The number of hydrogen-bond donors (Lipinski definition) is 1. The zero-order valence-corrected chi connectivity index (χ0v) is 17.8. The number of likely N-dealkylation sites (tertiary alicyclic amines) is 1. The van der Waals surface area contributed by atoms with Crippen LogP contribution in [0.15, 0.2) is 42.5 Å². The Kier molecular flexibility index (Phi) is 6.11. The van der Waals surface area contributed by atoms with Crippen LogP contribution in [0.5, 0.6) is 11.5 Å². The lowest BCUT2D eigenvalue weighted by atomic mass is 9.87. The van der Waals surface area contributed by atoms with Crippen molar-refractivity contribution < 1.29 is 23.5 Å². The highest BCUT2D eigenvalue weighted by Gasteiger charge is 2.44. The number of amides is 2. The third kappa shape index (κ3) is 4.65. The Hall–Kier alpha value is -3.09. The topological polar surface area (TPSA) is 67.9 Å². The first-order valence-corrected chi connectivity index (χ1v) is 10.5. The van der Waals surface area contributed by atoms with Gasteiger partial charge in [-0.25, -0.2) is 4.39 Å². The molecule has 0 radical (unpaired) electrons. The minimum atomic E-state index is -0.413. The fraction of sp³-hybridized carbons (Fsp3) is 0.417. The van der Waals surface area contributed by atoms with Gasteiger partial charge in [0.05, 0.1) is 20.1 Å². The summed E-state index contributed by atoms with van der Waals surface area (Å²) in [6.45, 7) is 1.14. The van der Waals surface area contributed by atoms with Crippen molar-refractivity contribution in [3.05, 3.63) is 59.4 Å². The van der Waals surface area contributed by atoms with Gasteiger partial charge in [0.2, 0.25) is 11.8 Å². The van der Waals surface area contributed by atoms with Gasteiger partial charge in [0.1, 0.15) is 17.3 Å². The van der Waals surface area contributed by atoms with E-state index in [9.17, 15) is 14.0 Å². The van der Waals surface area contributed by atoms with Gasteiger partial charge in [-0.05, 0) is 48.7 Å². The SMILES string of the molecule is COc1ccc(OC)c([C@H]2CN(C(=O)C3CC3)C[C@@H]2C(=O)NCc2ccc(F)cc2)c1. The molecule has 1 heterocycles. The van der Waals surface area contributed by atoms with E-state index in [0.717, 1.165) is 24.0 Å². The van der Waals surface area contributed by atoms with Crippen LogP contribution in [0.1, 0.15) is 29.9 Å². The van der Waals surface area contributed by atoms with Gasteiger partial charge in [0.25, 0.3) is 0 Å². The summed E-state index contributed by atoms with van der Waals surface area (Å²) in [6, 6.07) is 11.6. The van der Waals surface area contributed by atoms with Crippen LogP contribution in [0.3, 0.4) is 0 Å². The van der Waals surface area contributed by atoms with E-state index in [1.807, 2.05) is 23.1 Å². The summed E-state index contributed by atoms with van der Waals surface area (Å²) in [6.07, 6.45) is 1.84. The molecule has 1 saturated carbocycles. The molecule has 2 amide bonds. The Morgan fingerprint density at radius 3 is 2.45 bits per heavy atom. The van der Waals surface area contributed by atoms with E-state index in [2.05, 4.69) is 5.32 Å². The monoisotopic (exact) mass is 426 g/mol. The quantitative estimate of drug-likeness (QED) is 0.739. The summed E-state index contributed by atoms with van der Waals surface area (Å²) in [5.74, 6) is 0.492. The molecule has 2 aromatic rings. The summed E-state index contributed by atoms with van der Waals surface area (Å²) in [5, 5.41) is 2.96. The fourth-order valence-corrected chi connectivity index (χ4v) is 4.20. The van der Waals surface area contributed by atoms with Gasteiger partial charge in [-0.2, -0.15) is 0 Å². The number of ether oxygens (including phenoxy) is 2. The van der Waals surface area contributed by atoms with E-state index in [1.165, 1.54) is 12.1 Å². The number of carbonyl (C=O) groups is 2. The van der Waals surface area contributed by atoms with Crippen molar-refractivity contribution in [2.75, 3.05) is 27.3 Å². The van der Waals surface area contributed by atoms with Crippen LogP contribution < -0.4 is 14.8 Å². The van der Waals surface area contributed by atoms with E-state index in [-0.39, 0.29) is 29.5 Å². The molecule has 4 rings (SSSR count). The maximum absolute atomic E-state index is 13.2. The minimum Gasteiger partial charge on any atom is -0.497 e. The second kappa shape index (κ2) is 8.96. The third-order valence-electron chi connectivity index (χ3n) is 6.11. The first kappa shape index (κ1) is 21.2. The molecule has 0 unspecified atom stereocenters. The molecule has 1 saturated heterocycles. The van der Waals surface area contributed by atoms with Crippen LogP contribution in [0.4, 0.5) is 4.39 Å². The van der Waals surface area contributed by atoms with E-state index in [4.69, 9.17) is 9.47 Å². The van der Waals surface area contributed by atoms with E-state index in [1.54, 1.807) is 26.4 Å². The van der Waals surface area contributed by atoms with Crippen LogP contribution in [-0.2, 0) is 16.1 Å². The maximum atomic E-state index is 13.2. The second-order valence-electron chi connectivity index (χ2n) is 8.18. The number of benzene rings is 2. The molecule has 1 aliphatic carbocycles. The molecule has 0 aromatic heterocycles. The number of carbonyl (C=O) groups excluding carboxylic acids is 2. The first-order valence-electron chi connectivity index (χ1n) is 10.5. The highest BCUT2D eigenvalue weighted by atomic mass is 19.1. The maximum Gasteiger partial charge on any atom is 0.225 e. The highest BCUT2D eigenvalue weighted by molar-refractivity contribution is 5.85. The van der Waals surface area contributed by atoms with Gasteiger partial charge in [-0.3, -0.25) is 9.59 Å². The van der Waals surface area contributed by atoms with E-state index in [0.29, 0.717) is 31.1 Å². The lowest BCUT2D eigenvalue weighted by molar-refractivity contribution is -0.132. The lowest BCUT2D eigenvalue weighted by Gasteiger charge is -2.21. The third-order valence-corrected chi connectivity index (χ3v) is 6.11. The molecule has 2 fully saturated rings.